The van der Waals surface area contributed by atoms with Gasteiger partial charge in [-0.3, -0.25) is 4.52 Å². The first-order chi connectivity index (χ1) is 11.1. The predicted octanol–water partition coefficient (Wildman–Crippen LogP) is -0.836. The Kier molecular flexibility index (Phi) is 5.25. The minimum Gasteiger partial charge on any atom is -0.385 e. The molecule has 3 atom stereocenters. The van der Waals surface area contributed by atoms with E-state index in [-0.39, 0.29) is 11.5 Å². The second-order valence-electron chi connectivity index (χ2n) is 5.28. The first-order valence-electron chi connectivity index (χ1n) is 6.79. The molecule has 12 heteroatoms. The van der Waals surface area contributed by atoms with Crippen molar-refractivity contribution in [2.75, 3.05) is 19.5 Å². The highest BCUT2D eigenvalue weighted by atomic mass is 31.2. The molecule has 0 saturated carbocycles. The molecule has 2 aromatic rings. The van der Waals surface area contributed by atoms with Crippen molar-refractivity contribution in [1.29, 1.82) is 0 Å². The summed E-state index contributed by atoms with van der Waals surface area (Å²) < 4.78 is 21.4. The number of nitrogens with two attached hydrogens (primary N) is 1. The molecule has 0 radical (unpaired) electrons. The summed E-state index contributed by atoms with van der Waals surface area (Å²) in [5.41, 5.74) is 4.08. The van der Waals surface area contributed by atoms with Crippen molar-refractivity contribution in [3.63, 3.8) is 0 Å². The average molecular weight is 362 g/mol. The maximum absolute atomic E-state index is 10.8. The SMILES string of the molecule is CO[C@H](COP(=O)(O)O)[C@@H](O)[C@@](C)(O)n1ccc2c(N)ncnc21. The number of aliphatic hydroxyl groups is 2. The quantitative estimate of drug-likeness (QED) is 0.391. The van der Waals surface area contributed by atoms with E-state index in [1.165, 1.54) is 31.1 Å². The van der Waals surface area contributed by atoms with E-state index in [9.17, 15) is 14.8 Å². The molecule has 0 bridgehead atoms. The smallest absolute Gasteiger partial charge is 0.385 e. The maximum Gasteiger partial charge on any atom is 0.469 e. The van der Waals surface area contributed by atoms with Crippen LogP contribution in [0.1, 0.15) is 6.92 Å². The van der Waals surface area contributed by atoms with E-state index in [1.54, 1.807) is 6.07 Å². The van der Waals surface area contributed by atoms with Gasteiger partial charge in [0.05, 0.1) is 12.0 Å². The van der Waals surface area contributed by atoms with E-state index in [4.69, 9.17) is 20.3 Å². The van der Waals surface area contributed by atoms with Crippen molar-refractivity contribution in [2.45, 2.75) is 24.9 Å². The molecule has 134 valence electrons. The summed E-state index contributed by atoms with van der Waals surface area (Å²) in [6, 6.07) is 1.57. The zero-order valence-electron chi connectivity index (χ0n) is 13.0. The first kappa shape index (κ1) is 18.7. The van der Waals surface area contributed by atoms with Gasteiger partial charge >= 0.3 is 7.82 Å². The molecule has 0 aliphatic carbocycles. The highest BCUT2D eigenvalue weighted by Gasteiger charge is 2.40. The van der Waals surface area contributed by atoms with Gasteiger partial charge in [0.15, 0.2) is 5.72 Å². The van der Waals surface area contributed by atoms with E-state index < -0.39 is 32.4 Å². The number of hydrogen-bond acceptors (Lipinski definition) is 8. The second-order valence-corrected chi connectivity index (χ2v) is 6.52. The van der Waals surface area contributed by atoms with Crippen molar-refractivity contribution >= 4 is 24.7 Å². The zero-order chi connectivity index (χ0) is 18.1. The van der Waals surface area contributed by atoms with Crippen LogP contribution in [0.5, 0.6) is 0 Å². The molecule has 0 fully saturated rings. The van der Waals surface area contributed by atoms with Gasteiger partial charge in [0, 0.05) is 13.3 Å². The molecule has 0 aromatic carbocycles. The lowest BCUT2D eigenvalue weighted by molar-refractivity contribution is -0.173. The van der Waals surface area contributed by atoms with E-state index in [1.807, 2.05) is 0 Å². The number of aliphatic hydroxyl groups excluding tert-OH is 1. The maximum atomic E-state index is 10.8. The van der Waals surface area contributed by atoms with Gasteiger partial charge in [0.1, 0.15) is 30.0 Å². The van der Waals surface area contributed by atoms with Gasteiger partial charge in [-0.15, -0.1) is 0 Å². The number of ether oxygens (including phenoxy) is 1. The molecule has 0 saturated heterocycles. The molecule has 0 aliphatic heterocycles. The molecule has 0 amide bonds. The molecule has 24 heavy (non-hydrogen) atoms. The van der Waals surface area contributed by atoms with E-state index in [2.05, 4.69) is 14.5 Å². The van der Waals surface area contributed by atoms with E-state index in [0.717, 1.165) is 0 Å². The Balaban J connectivity index is 2.32. The molecule has 6 N–H and O–H groups in total. The van der Waals surface area contributed by atoms with Gasteiger partial charge in [-0.1, -0.05) is 0 Å². The standard InChI is InChI=1S/C12H19N4O7P/c1-12(18,9(17)8(22-2)5-23-24(19,20)21)16-4-3-7-10(13)14-6-15-11(7)16/h3-4,6,8-9,17-18H,5H2,1-2H3,(H2,13,14,15)(H2,19,20,21)/t8-,9-,12-/m1/s1. The number of aromatic nitrogens is 3. The van der Waals surface area contributed by atoms with Crippen LogP contribution in [0.3, 0.4) is 0 Å². The number of anilines is 1. The summed E-state index contributed by atoms with van der Waals surface area (Å²) in [6.07, 6.45) is -0.151. The van der Waals surface area contributed by atoms with E-state index >= 15 is 0 Å². The van der Waals surface area contributed by atoms with Crippen LogP contribution in [0, 0.1) is 0 Å². The van der Waals surface area contributed by atoms with Crippen molar-refractivity contribution in [3.8, 4) is 0 Å². The molecule has 11 nitrogen and oxygen atoms in total. The Morgan fingerprint density at radius 2 is 2.12 bits per heavy atom. The fraction of sp³-hybridized carbons (Fsp3) is 0.500. The van der Waals surface area contributed by atoms with Gasteiger partial charge in [0.25, 0.3) is 0 Å². The molecular formula is C12H19N4O7P. The summed E-state index contributed by atoms with van der Waals surface area (Å²) in [7, 11) is -3.54. The highest BCUT2D eigenvalue weighted by Crippen LogP contribution is 2.37. The Labute approximate surface area is 136 Å². The summed E-state index contributed by atoms with van der Waals surface area (Å²) in [5, 5.41) is 21.7. The molecule has 0 spiro atoms. The third-order valence-corrected chi connectivity index (χ3v) is 4.11. The number of hydrogen-bond donors (Lipinski definition) is 5. The van der Waals surface area contributed by atoms with Crippen LogP contribution in [-0.2, 0) is 19.6 Å². The van der Waals surface area contributed by atoms with Gasteiger partial charge in [-0.2, -0.15) is 0 Å². The minimum absolute atomic E-state index is 0.206. The molecule has 2 rings (SSSR count). The summed E-state index contributed by atoms with van der Waals surface area (Å²) in [4.78, 5) is 25.4. The summed E-state index contributed by atoms with van der Waals surface area (Å²) in [6.45, 7) is 0.660. The van der Waals surface area contributed by atoms with Crippen LogP contribution >= 0.6 is 7.82 Å². The lowest BCUT2D eigenvalue weighted by Gasteiger charge is -2.35. The lowest BCUT2D eigenvalue weighted by Crippen LogP contribution is -2.50. The summed E-state index contributed by atoms with van der Waals surface area (Å²) >= 11 is 0. The Morgan fingerprint density at radius 1 is 1.46 bits per heavy atom. The van der Waals surface area contributed by atoms with Crippen LogP contribution in [0.15, 0.2) is 18.6 Å². The Hall–Kier alpha value is -1.59. The second kappa shape index (κ2) is 6.73. The topological polar surface area (TPSA) is 173 Å². The fourth-order valence-corrected chi connectivity index (χ4v) is 2.63. The largest absolute Gasteiger partial charge is 0.469 e. The Bertz CT molecular complexity index is 759. The van der Waals surface area contributed by atoms with Crippen LogP contribution < -0.4 is 5.73 Å². The van der Waals surface area contributed by atoms with Gasteiger partial charge in [-0.05, 0) is 13.0 Å². The third kappa shape index (κ3) is 3.73. The first-order valence-corrected chi connectivity index (χ1v) is 8.32. The molecule has 2 aromatic heterocycles. The van der Waals surface area contributed by atoms with Crippen LogP contribution in [-0.4, -0.2) is 60.5 Å². The van der Waals surface area contributed by atoms with Gasteiger partial charge in [-0.25, -0.2) is 14.5 Å². The monoisotopic (exact) mass is 362 g/mol. The third-order valence-electron chi connectivity index (χ3n) is 3.62. The summed E-state index contributed by atoms with van der Waals surface area (Å²) in [5.74, 6) is 0.206. The van der Waals surface area contributed by atoms with Crippen molar-refractivity contribution < 1.29 is 33.8 Å². The lowest BCUT2D eigenvalue weighted by atomic mass is 10.0. The van der Waals surface area contributed by atoms with Crippen molar-refractivity contribution in [3.05, 3.63) is 18.6 Å². The van der Waals surface area contributed by atoms with Crippen LogP contribution in [0.4, 0.5) is 5.82 Å². The highest BCUT2D eigenvalue weighted by molar-refractivity contribution is 7.46. The predicted molar refractivity (Wildman–Crippen MR) is 82.6 cm³/mol. The number of fused-ring (bicyclic) bond motifs is 1. The zero-order valence-corrected chi connectivity index (χ0v) is 13.9. The van der Waals surface area contributed by atoms with Crippen molar-refractivity contribution in [1.82, 2.24) is 14.5 Å². The van der Waals surface area contributed by atoms with Gasteiger partial charge in [0.2, 0.25) is 0 Å². The van der Waals surface area contributed by atoms with Crippen LogP contribution in [0.2, 0.25) is 0 Å². The normalized spacial score (nSPS) is 17.6. The average Bonchev–Trinajstić information content (AvgIpc) is 2.92. The number of rotatable bonds is 7. The molecule has 2 heterocycles. The fourth-order valence-electron chi connectivity index (χ4n) is 2.29. The number of nitrogens with zero attached hydrogens (tertiary/aromatic N) is 3. The number of methoxy groups -OCH3 is 1. The molecular weight excluding hydrogens is 343 g/mol. The molecule has 0 unspecified atom stereocenters. The van der Waals surface area contributed by atoms with Crippen LogP contribution in [0.25, 0.3) is 11.0 Å². The van der Waals surface area contributed by atoms with Gasteiger partial charge < -0.3 is 35.0 Å². The number of nitrogen functional groups attached to an aromatic ring is 1. The minimum atomic E-state index is -4.75. The molecule has 0 aliphatic rings. The number of phosphoric acid groups is 1. The Morgan fingerprint density at radius 3 is 2.71 bits per heavy atom. The number of phosphoric ester groups is 1. The van der Waals surface area contributed by atoms with Crippen molar-refractivity contribution in [2.24, 2.45) is 0 Å². The van der Waals surface area contributed by atoms with E-state index in [0.29, 0.717) is 5.39 Å².